The Morgan fingerprint density at radius 3 is 1.33 bits per heavy atom. The normalized spacial score (nSPS) is 21.6. The molecule has 0 aliphatic rings. The lowest BCUT2D eigenvalue weighted by Gasteiger charge is -2.36. The van der Waals surface area contributed by atoms with Crippen LogP contribution in [0.4, 0.5) is 19.4 Å². The highest BCUT2D eigenvalue weighted by atomic mass is 35.5. The first kappa shape index (κ1) is 9.03. The largest absolute Gasteiger partial charge is 0.305 e. The Hall–Kier alpha value is 0.0300. The van der Waals surface area contributed by atoms with E-state index in [1.807, 2.05) is 0 Å². The molecular weight excluding hydrogens is 187 g/mol. The lowest BCUT2D eigenvalue weighted by Crippen LogP contribution is -1.98. The van der Waals surface area contributed by atoms with Gasteiger partial charge in [-0.2, -0.15) is 0 Å². The second-order valence-electron chi connectivity index (χ2n) is 1.29. The Bertz CT molecular complexity index is 139. The molecule has 0 aromatic rings. The van der Waals surface area contributed by atoms with E-state index in [2.05, 4.69) is 11.6 Å². The first-order valence-electron chi connectivity index (χ1n) is 1.56. The van der Waals surface area contributed by atoms with Crippen LogP contribution in [0.2, 0.25) is 0 Å². The Balaban J connectivity index is 4.76. The molecule has 58 valence electrons. The minimum absolute atomic E-state index is 0.248. The van der Waals surface area contributed by atoms with Gasteiger partial charge in [0.25, 0.3) is 0 Å². The van der Waals surface area contributed by atoms with E-state index in [1.165, 1.54) is 0 Å². The van der Waals surface area contributed by atoms with Crippen molar-refractivity contribution in [3.05, 3.63) is 10.9 Å². The molecule has 0 fully saturated rings. The van der Waals surface area contributed by atoms with Gasteiger partial charge in [-0.25, -0.2) is 0 Å². The maximum absolute atomic E-state index is 11.0. The van der Waals surface area contributed by atoms with E-state index < -0.39 is 15.6 Å². The number of rotatable bonds is 1. The van der Waals surface area contributed by atoms with Gasteiger partial charge in [-0.3, -0.25) is 0 Å². The van der Waals surface area contributed by atoms with Crippen molar-refractivity contribution in [2.75, 3.05) is 0 Å². The summed E-state index contributed by atoms with van der Waals surface area (Å²) in [7, 11) is -9.35. The van der Waals surface area contributed by atoms with Gasteiger partial charge in [0.1, 0.15) is 0 Å². The van der Waals surface area contributed by atoms with Crippen molar-refractivity contribution in [1.29, 1.82) is 0 Å². The van der Waals surface area contributed by atoms with E-state index in [9.17, 15) is 19.4 Å². The second kappa shape index (κ2) is 1.37. The lowest BCUT2D eigenvalue weighted by molar-refractivity contribution is 0.384. The summed E-state index contributed by atoms with van der Waals surface area (Å²) in [6, 6.07) is 0. The molecule has 0 unspecified atom stereocenters. The van der Waals surface area contributed by atoms with Gasteiger partial charge < -0.3 is 0 Å². The predicted octanol–water partition coefficient (Wildman–Crippen LogP) is 3.99. The number of hydrogen-bond acceptors (Lipinski definition) is 0. The molecule has 0 nitrogen and oxygen atoms in total. The van der Waals surface area contributed by atoms with Crippen LogP contribution >= 0.6 is 21.8 Å². The van der Waals surface area contributed by atoms with Crippen molar-refractivity contribution >= 4 is 21.8 Å². The van der Waals surface area contributed by atoms with Crippen LogP contribution in [0, 0.1) is 0 Å². The van der Waals surface area contributed by atoms with Gasteiger partial charge in [-0.05, 0) is 0 Å². The molecule has 0 aliphatic carbocycles. The summed E-state index contributed by atoms with van der Waals surface area (Å²) in [6.07, 6.45) is 0. The fourth-order valence-corrected chi connectivity index (χ4v) is 0.875. The van der Waals surface area contributed by atoms with Crippen LogP contribution < -0.4 is 0 Å². The quantitative estimate of drug-likeness (QED) is 0.546. The molecule has 0 aliphatic heterocycles. The van der Waals surface area contributed by atoms with Crippen molar-refractivity contribution < 1.29 is 19.4 Å². The topological polar surface area (TPSA) is 0 Å². The summed E-state index contributed by atoms with van der Waals surface area (Å²) in [6.45, 7) is 0. The molecule has 0 aromatic heterocycles. The van der Waals surface area contributed by atoms with Crippen molar-refractivity contribution in [3.63, 3.8) is 0 Å². The number of halogens is 6. The van der Waals surface area contributed by atoms with Crippen molar-refractivity contribution in [2.45, 2.75) is 0 Å². The van der Waals surface area contributed by atoms with Gasteiger partial charge in [-0.1, -0.05) is 31.0 Å². The molecule has 0 N–H and O–H groups in total. The molecule has 0 radical (unpaired) electrons. The summed E-state index contributed by atoms with van der Waals surface area (Å²) >= 11 is 4.31. The Morgan fingerprint density at radius 2 is 1.33 bits per heavy atom. The first-order valence-corrected chi connectivity index (χ1v) is 4.01. The predicted molar refractivity (Wildman–Crippen MR) is 28.1 cm³/mol. The summed E-state index contributed by atoms with van der Waals surface area (Å²) in [4.78, 5) is 0. The molecule has 0 saturated carbocycles. The minimum atomic E-state index is -9.35. The third-order valence-electron chi connectivity index (χ3n) is 0.309. The molecule has 9 heavy (non-hydrogen) atoms. The van der Waals surface area contributed by atoms with Crippen LogP contribution in [0.1, 0.15) is 0 Å². The summed E-state index contributed by atoms with van der Waals surface area (Å²) < 4.78 is 55.2. The molecule has 0 saturated heterocycles. The highest BCUT2D eigenvalue weighted by Crippen LogP contribution is 2.98. The maximum atomic E-state index is 11.0. The molecule has 0 spiro atoms. The van der Waals surface area contributed by atoms with E-state index in [0.717, 1.165) is 0 Å². The zero-order valence-electron chi connectivity index (χ0n) is 3.83. The highest BCUT2D eigenvalue weighted by Gasteiger charge is 2.60. The standard InChI is InChI=1S/C2H2ClF5S/c3-1-2-9(4,5,6,7)8/h1-2H. The van der Waals surface area contributed by atoms with Crippen LogP contribution in [0.15, 0.2) is 10.9 Å². The molecular formula is C2H2ClF5S. The third kappa shape index (κ3) is 8.03. The average molecular weight is 189 g/mol. The summed E-state index contributed by atoms with van der Waals surface area (Å²) in [5.41, 5.74) is -0.248. The Kier molecular flexibility index (Phi) is 1.37. The Morgan fingerprint density at radius 1 is 1.00 bits per heavy atom. The summed E-state index contributed by atoms with van der Waals surface area (Å²) in [5, 5.41) is -1.22. The van der Waals surface area contributed by atoms with Gasteiger partial charge >= 0.3 is 10.2 Å². The van der Waals surface area contributed by atoms with Crippen LogP contribution in [-0.2, 0) is 0 Å². The minimum Gasteiger partial charge on any atom is -0.0941 e. The molecule has 0 atom stereocenters. The van der Waals surface area contributed by atoms with Gasteiger partial charge in [0.05, 0.1) is 5.41 Å². The lowest BCUT2D eigenvalue weighted by atomic mass is 11.3. The highest BCUT2D eigenvalue weighted by molar-refractivity contribution is 8.48. The van der Waals surface area contributed by atoms with Gasteiger partial charge in [0.15, 0.2) is 0 Å². The smallest absolute Gasteiger partial charge is 0.0941 e. The fourth-order valence-electron chi connectivity index (χ4n) is 0.0972. The van der Waals surface area contributed by atoms with Gasteiger partial charge in [-0.15, -0.1) is 0 Å². The van der Waals surface area contributed by atoms with Crippen LogP contribution in [0.3, 0.4) is 0 Å². The zero-order chi connectivity index (χ0) is 7.82. The van der Waals surface area contributed by atoms with Crippen molar-refractivity contribution in [1.82, 2.24) is 0 Å². The molecule has 0 amide bonds. The second-order valence-corrected chi connectivity index (χ2v) is 3.87. The Labute approximate surface area is 53.0 Å². The van der Waals surface area contributed by atoms with Crippen molar-refractivity contribution in [3.8, 4) is 0 Å². The van der Waals surface area contributed by atoms with E-state index in [0.29, 0.717) is 0 Å². The fraction of sp³-hybridized carbons (Fsp3) is 0. The number of hydrogen-bond donors (Lipinski definition) is 0. The maximum Gasteiger partial charge on any atom is 0.305 e. The molecule has 0 aromatic carbocycles. The van der Waals surface area contributed by atoms with Gasteiger partial charge in [0, 0.05) is 5.54 Å². The molecule has 0 rings (SSSR count). The van der Waals surface area contributed by atoms with Gasteiger partial charge in [0.2, 0.25) is 0 Å². The molecule has 0 bridgehead atoms. The zero-order valence-corrected chi connectivity index (χ0v) is 5.40. The van der Waals surface area contributed by atoms with E-state index >= 15 is 0 Å². The van der Waals surface area contributed by atoms with Crippen LogP contribution in [-0.4, -0.2) is 0 Å². The monoisotopic (exact) mass is 188 g/mol. The average Bonchev–Trinajstić information content (AvgIpc) is 1.22. The van der Waals surface area contributed by atoms with E-state index in [1.54, 1.807) is 0 Å². The first-order chi connectivity index (χ1) is 3.54. The molecule has 7 heteroatoms. The van der Waals surface area contributed by atoms with Crippen LogP contribution in [0.25, 0.3) is 0 Å². The molecule has 0 heterocycles. The SMILES string of the molecule is FS(F)(F)(F)(F)C=CCl. The van der Waals surface area contributed by atoms with Crippen LogP contribution in [0.5, 0.6) is 0 Å². The van der Waals surface area contributed by atoms with E-state index in [-0.39, 0.29) is 5.54 Å². The summed E-state index contributed by atoms with van der Waals surface area (Å²) in [5.74, 6) is 0. The third-order valence-corrected chi connectivity index (χ3v) is 1.23. The van der Waals surface area contributed by atoms with E-state index in [4.69, 9.17) is 0 Å². The van der Waals surface area contributed by atoms with Crippen molar-refractivity contribution in [2.24, 2.45) is 0 Å².